The van der Waals surface area contributed by atoms with E-state index in [1.165, 1.54) is 5.56 Å². The number of hydrogen-bond donors (Lipinski definition) is 5. The number of nitrogens with one attached hydrogen (secondary N) is 4. The fourth-order valence-corrected chi connectivity index (χ4v) is 4.74. The lowest BCUT2D eigenvalue weighted by atomic mass is 9.85. The number of carbonyl (C=O) groups excluding carboxylic acids is 1. The van der Waals surface area contributed by atoms with Gasteiger partial charge in [-0.05, 0) is 24.4 Å². The Labute approximate surface area is 165 Å². The number of nitrogens with zero attached hydrogens (tertiary/aromatic N) is 2. The minimum absolute atomic E-state index is 0.0200. The fourth-order valence-electron chi connectivity index (χ4n) is 4.74. The van der Waals surface area contributed by atoms with Gasteiger partial charge in [0.05, 0.1) is 24.3 Å². The quantitative estimate of drug-likeness (QED) is 0.472. The van der Waals surface area contributed by atoms with Gasteiger partial charge in [-0.1, -0.05) is 30.3 Å². The van der Waals surface area contributed by atoms with Crippen LogP contribution in [0.25, 0.3) is 0 Å². The highest BCUT2D eigenvalue weighted by Gasteiger charge is 2.47. The Kier molecular flexibility index (Phi) is 5.90. The largest absolute Gasteiger partial charge is 0.351 e. The zero-order chi connectivity index (χ0) is 19.5. The molecule has 3 aliphatic heterocycles. The van der Waals surface area contributed by atoms with Crippen molar-refractivity contribution in [3.05, 3.63) is 35.9 Å². The molecule has 1 aromatic carbocycles. The third-order valence-electron chi connectivity index (χ3n) is 6.17. The summed E-state index contributed by atoms with van der Waals surface area (Å²) in [6.45, 7) is 3.16. The number of amides is 1. The number of benzene rings is 1. The summed E-state index contributed by atoms with van der Waals surface area (Å²) in [7, 11) is 0. The summed E-state index contributed by atoms with van der Waals surface area (Å²) in [4.78, 5) is 13.2. The molecular formula is C20H29N7O. The molecule has 0 bridgehead atoms. The molecule has 0 spiro atoms. The Morgan fingerprint density at radius 1 is 1.32 bits per heavy atom. The van der Waals surface area contributed by atoms with Crippen molar-refractivity contribution in [3.63, 3.8) is 0 Å². The maximum Gasteiger partial charge on any atom is 0.229 e. The normalized spacial score (nSPS) is 35.7. The smallest absolute Gasteiger partial charge is 0.229 e. The summed E-state index contributed by atoms with van der Waals surface area (Å²) in [5.41, 5.74) is 10.8. The number of nitrogens with two attached hydrogens (primary N) is 1. The van der Waals surface area contributed by atoms with Crippen molar-refractivity contribution in [2.45, 2.75) is 37.1 Å². The average molecular weight is 384 g/mol. The SMILES string of the molecule is N#CCC1CNC2C(C(=O)NC3CNCCC3c3ccccc3)C(N)NN2C1. The zero-order valence-corrected chi connectivity index (χ0v) is 16.0. The summed E-state index contributed by atoms with van der Waals surface area (Å²) in [5.74, 6) is 0.148. The number of hydrogen-bond acceptors (Lipinski definition) is 7. The molecule has 3 aliphatic rings. The summed E-state index contributed by atoms with van der Waals surface area (Å²) in [5, 5.41) is 21.0. The van der Waals surface area contributed by atoms with Crippen LogP contribution in [0.15, 0.2) is 30.3 Å². The summed E-state index contributed by atoms with van der Waals surface area (Å²) in [6, 6.07) is 12.7. The first-order chi connectivity index (χ1) is 13.7. The van der Waals surface area contributed by atoms with Gasteiger partial charge in [-0.25, -0.2) is 10.4 Å². The number of hydrazine groups is 1. The van der Waals surface area contributed by atoms with Crippen LogP contribution in [0.5, 0.6) is 0 Å². The van der Waals surface area contributed by atoms with Gasteiger partial charge in [-0.3, -0.25) is 10.1 Å². The second-order valence-electron chi connectivity index (χ2n) is 8.04. The minimum Gasteiger partial charge on any atom is -0.351 e. The molecule has 8 nitrogen and oxygen atoms in total. The van der Waals surface area contributed by atoms with Crippen LogP contribution in [0.2, 0.25) is 0 Å². The first-order valence-electron chi connectivity index (χ1n) is 10.1. The van der Waals surface area contributed by atoms with Crippen LogP contribution in [0, 0.1) is 23.2 Å². The molecular weight excluding hydrogens is 354 g/mol. The van der Waals surface area contributed by atoms with Crippen LogP contribution >= 0.6 is 0 Å². The van der Waals surface area contributed by atoms with Gasteiger partial charge >= 0.3 is 0 Å². The van der Waals surface area contributed by atoms with Crippen molar-refractivity contribution in [3.8, 4) is 6.07 Å². The van der Waals surface area contributed by atoms with E-state index in [2.05, 4.69) is 51.7 Å². The highest BCUT2D eigenvalue weighted by molar-refractivity contribution is 5.81. The van der Waals surface area contributed by atoms with Gasteiger partial charge in [0.2, 0.25) is 5.91 Å². The molecule has 3 heterocycles. The first kappa shape index (κ1) is 19.3. The zero-order valence-electron chi connectivity index (χ0n) is 16.0. The molecule has 0 saturated carbocycles. The Morgan fingerprint density at radius 2 is 2.14 bits per heavy atom. The van der Waals surface area contributed by atoms with E-state index in [1.54, 1.807) is 0 Å². The molecule has 3 fully saturated rings. The van der Waals surface area contributed by atoms with E-state index in [4.69, 9.17) is 11.0 Å². The Bertz CT molecular complexity index is 721. The molecule has 0 radical (unpaired) electrons. The van der Waals surface area contributed by atoms with E-state index in [0.717, 1.165) is 32.6 Å². The highest BCUT2D eigenvalue weighted by Crippen LogP contribution is 2.28. The van der Waals surface area contributed by atoms with Gasteiger partial charge in [0.25, 0.3) is 0 Å². The molecule has 1 amide bonds. The molecule has 28 heavy (non-hydrogen) atoms. The van der Waals surface area contributed by atoms with E-state index in [0.29, 0.717) is 12.3 Å². The van der Waals surface area contributed by atoms with Crippen molar-refractivity contribution in [1.29, 1.82) is 5.26 Å². The molecule has 3 saturated heterocycles. The topological polar surface area (TPSA) is 118 Å². The minimum atomic E-state index is -0.440. The molecule has 0 aliphatic carbocycles. The number of carbonyl (C=O) groups is 1. The number of nitriles is 1. The van der Waals surface area contributed by atoms with Crippen LogP contribution in [-0.2, 0) is 4.79 Å². The van der Waals surface area contributed by atoms with Gasteiger partial charge in [-0.2, -0.15) is 5.26 Å². The molecule has 4 rings (SSSR count). The molecule has 6 N–H and O–H groups in total. The lowest BCUT2D eigenvalue weighted by Crippen LogP contribution is -2.59. The van der Waals surface area contributed by atoms with Crippen molar-refractivity contribution in [1.82, 2.24) is 26.4 Å². The van der Waals surface area contributed by atoms with E-state index in [1.807, 2.05) is 11.1 Å². The molecule has 8 heteroatoms. The third kappa shape index (κ3) is 3.90. The molecule has 6 atom stereocenters. The Hall–Kier alpha value is -2.02. The van der Waals surface area contributed by atoms with Crippen LogP contribution in [-0.4, -0.2) is 55.5 Å². The summed E-state index contributed by atoms with van der Waals surface area (Å²) >= 11 is 0. The van der Waals surface area contributed by atoms with Gasteiger partial charge in [-0.15, -0.1) is 0 Å². The standard InChI is InChI=1S/C20H29N7O/c21-8-6-13-10-24-19-17(18(22)26-27(19)12-13)20(28)25-16-11-23-9-7-15(16)14-4-2-1-3-5-14/h1-5,13,15-19,23-24,26H,6-7,9-12,22H2,(H,25,28). The lowest BCUT2D eigenvalue weighted by Gasteiger charge is -2.37. The summed E-state index contributed by atoms with van der Waals surface area (Å²) < 4.78 is 0. The average Bonchev–Trinajstić information content (AvgIpc) is 3.04. The van der Waals surface area contributed by atoms with E-state index in [-0.39, 0.29) is 30.0 Å². The number of fused-ring (bicyclic) bond motifs is 1. The molecule has 0 aromatic heterocycles. The number of rotatable bonds is 4. The van der Waals surface area contributed by atoms with Gasteiger partial charge < -0.3 is 16.4 Å². The van der Waals surface area contributed by atoms with Crippen molar-refractivity contribution >= 4 is 5.91 Å². The van der Waals surface area contributed by atoms with Crippen LogP contribution in [0.3, 0.4) is 0 Å². The second kappa shape index (κ2) is 8.55. The Balaban J connectivity index is 1.43. The second-order valence-corrected chi connectivity index (χ2v) is 8.04. The van der Waals surface area contributed by atoms with Gasteiger partial charge in [0.15, 0.2) is 0 Å². The van der Waals surface area contributed by atoms with E-state index in [9.17, 15) is 4.79 Å². The highest BCUT2D eigenvalue weighted by atomic mass is 16.2. The third-order valence-corrected chi connectivity index (χ3v) is 6.17. The number of piperidine rings is 1. The van der Waals surface area contributed by atoms with Gasteiger partial charge in [0, 0.05) is 38.0 Å². The Morgan fingerprint density at radius 3 is 2.93 bits per heavy atom. The van der Waals surface area contributed by atoms with Crippen LogP contribution in [0.4, 0.5) is 0 Å². The van der Waals surface area contributed by atoms with E-state index >= 15 is 0 Å². The maximum absolute atomic E-state index is 13.2. The van der Waals surface area contributed by atoms with Crippen molar-refractivity contribution in [2.24, 2.45) is 17.6 Å². The van der Waals surface area contributed by atoms with Crippen molar-refractivity contribution in [2.75, 3.05) is 26.2 Å². The molecule has 150 valence electrons. The van der Waals surface area contributed by atoms with Crippen molar-refractivity contribution < 1.29 is 4.79 Å². The molecule has 6 unspecified atom stereocenters. The fraction of sp³-hybridized carbons (Fsp3) is 0.600. The predicted molar refractivity (Wildman–Crippen MR) is 105 cm³/mol. The molecule has 1 aromatic rings. The maximum atomic E-state index is 13.2. The van der Waals surface area contributed by atoms with Gasteiger partial charge in [0.1, 0.15) is 0 Å². The van der Waals surface area contributed by atoms with Crippen LogP contribution in [0.1, 0.15) is 24.3 Å². The van der Waals surface area contributed by atoms with Crippen LogP contribution < -0.4 is 27.1 Å². The monoisotopic (exact) mass is 383 g/mol. The lowest BCUT2D eigenvalue weighted by molar-refractivity contribution is -0.127. The first-order valence-corrected chi connectivity index (χ1v) is 10.1. The van der Waals surface area contributed by atoms with E-state index < -0.39 is 6.17 Å². The predicted octanol–water partition coefficient (Wildman–Crippen LogP) is -0.571. The summed E-state index contributed by atoms with van der Waals surface area (Å²) in [6.07, 6.45) is 0.908.